The van der Waals surface area contributed by atoms with E-state index in [0.717, 1.165) is 5.56 Å². The Bertz CT molecular complexity index is 849. The van der Waals surface area contributed by atoms with E-state index in [1.165, 1.54) is 0 Å². The summed E-state index contributed by atoms with van der Waals surface area (Å²) in [6.45, 7) is 8.53. The summed E-state index contributed by atoms with van der Waals surface area (Å²) in [6.07, 6.45) is -4.30. The van der Waals surface area contributed by atoms with Gasteiger partial charge in [-0.15, -0.1) is 0 Å². The summed E-state index contributed by atoms with van der Waals surface area (Å²) in [5.41, 5.74) is 1.18. The van der Waals surface area contributed by atoms with Gasteiger partial charge in [-0.3, -0.25) is 9.59 Å². The molecular formula is C27H40O9. The molecule has 0 amide bonds. The van der Waals surface area contributed by atoms with Crippen LogP contribution in [0.2, 0.25) is 0 Å². The van der Waals surface area contributed by atoms with Crippen LogP contribution in [0, 0.1) is 11.8 Å². The Balaban J connectivity index is 1.47. The van der Waals surface area contributed by atoms with Crippen molar-refractivity contribution in [3.05, 3.63) is 35.4 Å². The van der Waals surface area contributed by atoms with E-state index in [-0.39, 0.29) is 55.1 Å². The first-order valence-corrected chi connectivity index (χ1v) is 12.8. The molecule has 3 N–H and O–H groups in total. The van der Waals surface area contributed by atoms with E-state index >= 15 is 0 Å². The van der Waals surface area contributed by atoms with Gasteiger partial charge >= 0.3 is 0 Å². The van der Waals surface area contributed by atoms with Crippen LogP contribution in [0.4, 0.5) is 0 Å². The van der Waals surface area contributed by atoms with Gasteiger partial charge in [0.15, 0.2) is 12.1 Å². The predicted molar refractivity (Wildman–Crippen MR) is 130 cm³/mol. The number of ether oxygens (including phenoxy) is 4. The molecule has 2 fully saturated rings. The molecular weight excluding hydrogens is 468 g/mol. The lowest BCUT2D eigenvalue weighted by molar-refractivity contribution is -0.170. The Morgan fingerprint density at radius 2 is 1.67 bits per heavy atom. The topological polar surface area (TPSA) is 135 Å². The fourth-order valence-electron chi connectivity index (χ4n) is 4.66. The molecule has 0 unspecified atom stereocenters. The Kier molecular flexibility index (Phi) is 10.6. The van der Waals surface area contributed by atoms with Gasteiger partial charge in [-0.25, -0.2) is 0 Å². The van der Waals surface area contributed by atoms with Crippen molar-refractivity contribution < 1.29 is 43.9 Å². The third-order valence-corrected chi connectivity index (χ3v) is 7.10. The molecule has 0 saturated carbocycles. The SMILES string of the molecule is CCOC(OCC)c1ccc(C(=O)CC(=O)C[C@@H]2OC[C@H](C[C@@H]3O[C@H]3[C@@H](C)[C@H](C)O)[C@@H](O)[C@H]2O)cc1. The first-order chi connectivity index (χ1) is 17.2. The molecule has 2 aliphatic heterocycles. The molecule has 8 atom stereocenters. The van der Waals surface area contributed by atoms with E-state index in [1.54, 1.807) is 31.2 Å². The van der Waals surface area contributed by atoms with Crippen molar-refractivity contribution in [3.8, 4) is 0 Å². The number of aliphatic hydroxyl groups excluding tert-OH is 3. The van der Waals surface area contributed by atoms with Gasteiger partial charge in [-0.2, -0.15) is 0 Å². The van der Waals surface area contributed by atoms with E-state index < -0.39 is 30.7 Å². The standard InChI is InChI=1S/C27H40O9/c1-5-33-27(34-6-2)18-9-7-17(8-10-18)21(30)12-20(29)13-22-25(32)24(31)19(14-35-22)11-23-26(36-23)15(3)16(4)28/h7-10,15-16,19,22-28,31-32H,5-6,11-14H2,1-4H3/t15-,16-,19-,22-,23-,24+,25-,26-/m0/s1. The molecule has 1 aromatic rings. The zero-order valence-corrected chi connectivity index (χ0v) is 21.5. The number of ketones is 2. The summed E-state index contributed by atoms with van der Waals surface area (Å²) >= 11 is 0. The van der Waals surface area contributed by atoms with Crippen LogP contribution in [0.3, 0.4) is 0 Å². The molecule has 2 heterocycles. The second kappa shape index (κ2) is 13.2. The normalized spacial score (nSPS) is 29.7. The van der Waals surface area contributed by atoms with Gasteiger partial charge in [0.1, 0.15) is 11.9 Å². The molecule has 202 valence electrons. The molecule has 0 spiro atoms. The van der Waals surface area contributed by atoms with E-state index in [9.17, 15) is 24.9 Å². The third kappa shape index (κ3) is 7.41. The van der Waals surface area contributed by atoms with Crippen LogP contribution in [0.25, 0.3) is 0 Å². The second-order valence-corrected chi connectivity index (χ2v) is 9.79. The lowest BCUT2D eigenvalue weighted by Crippen LogP contribution is -2.51. The molecule has 0 aromatic heterocycles. The highest BCUT2D eigenvalue weighted by Gasteiger charge is 2.48. The third-order valence-electron chi connectivity index (χ3n) is 7.10. The van der Waals surface area contributed by atoms with Crippen molar-refractivity contribution in [1.82, 2.24) is 0 Å². The molecule has 2 aliphatic rings. The van der Waals surface area contributed by atoms with Crippen molar-refractivity contribution in [1.29, 1.82) is 0 Å². The van der Waals surface area contributed by atoms with Crippen LogP contribution in [0.15, 0.2) is 24.3 Å². The Hall–Kier alpha value is -1.72. The molecule has 0 radical (unpaired) electrons. The van der Waals surface area contributed by atoms with Crippen molar-refractivity contribution >= 4 is 11.6 Å². The number of hydrogen-bond donors (Lipinski definition) is 3. The molecule has 0 aliphatic carbocycles. The Morgan fingerprint density at radius 1 is 1.03 bits per heavy atom. The lowest BCUT2D eigenvalue weighted by Gasteiger charge is -2.37. The minimum Gasteiger partial charge on any atom is -0.393 e. The van der Waals surface area contributed by atoms with Crippen molar-refractivity contribution in [2.75, 3.05) is 19.8 Å². The molecule has 3 rings (SSSR count). The zero-order valence-electron chi connectivity index (χ0n) is 21.5. The van der Waals surface area contributed by atoms with Crippen molar-refractivity contribution in [2.24, 2.45) is 11.8 Å². The molecule has 9 nitrogen and oxygen atoms in total. The molecule has 36 heavy (non-hydrogen) atoms. The largest absolute Gasteiger partial charge is 0.393 e. The maximum Gasteiger partial charge on any atom is 0.183 e. The van der Waals surface area contributed by atoms with Crippen molar-refractivity contribution in [2.45, 2.75) is 89.9 Å². The maximum atomic E-state index is 12.6. The summed E-state index contributed by atoms with van der Waals surface area (Å²) in [6, 6.07) is 6.77. The number of Topliss-reactive ketones (excluding diaryl/α,β-unsaturated/α-hetero) is 2. The zero-order chi connectivity index (χ0) is 26.4. The summed E-state index contributed by atoms with van der Waals surface area (Å²) < 4.78 is 22.5. The van der Waals surface area contributed by atoms with Crippen molar-refractivity contribution in [3.63, 3.8) is 0 Å². The molecule has 0 bridgehead atoms. The number of rotatable bonds is 14. The Labute approximate surface area is 212 Å². The fourth-order valence-corrected chi connectivity index (χ4v) is 4.66. The average molecular weight is 509 g/mol. The molecule has 9 heteroatoms. The minimum absolute atomic E-state index is 0.0172. The number of carbonyl (C=O) groups is 2. The lowest BCUT2D eigenvalue weighted by atomic mass is 9.85. The monoisotopic (exact) mass is 508 g/mol. The Morgan fingerprint density at radius 3 is 2.25 bits per heavy atom. The van der Waals surface area contributed by atoms with Crippen LogP contribution >= 0.6 is 0 Å². The van der Waals surface area contributed by atoms with E-state index in [2.05, 4.69) is 0 Å². The number of carbonyl (C=O) groups excluding carboxylic acids is 2. The highest BCUT2D eigenvalue weighted by atomic mass is 16.7. The van der Waals surface area contributed by atoms with Crippen LogP contribution in [-0.4, -0.2) is 83.3 Å². The fraction of sp³-hybridized carbons (Fsp3) is 0.704. The predicted octanol–water partition coefficient (Wildman–Crippen LogP) is 2.20. The van der Waals surface area contributed by atoms with E-state index in [4.69, 9.17) is 18.9 Å². The van der Waals surface area contributed by atoms with Gasteiger partial charge < -0.3 is 34.3 Å². The van der Waals surface area contributed by atoms with Gasteiger partial charge in [0, 0.05) is 42.6 Å². The van der Waals surface area contributed by atoms with E-state index in [0.29, 0.717) is 25.2 Å². The maximum absolute atomic E-state index is 12.6. The van der Waals surface area contributed by atoms with E-state index in [1.807, 2.05) is 20.8 Å². The first kappa shape index (κ1) is 28.8. The van der Waals surface area contributed by atoms with Crippen LogP contribution in [0.5, 0.6) is 0 Å². The van der Waals surface area contributed by atoms with Crippen LogP contribution in [-0.2, 0) is 23.7 Å². The van der Waals surface area contributed by atoms with Gasteiger partial charge in [0.25, 0.3) is 0 Å². The quantitative estimate of drug-likeness (QED) is 0.150. The summed E-state index contributed by atoms with van der Waals surface area (Å²) in [5.74, 6) is -1.04. The highest BCUT2D eigenvalue weighted by Crippen LogP contribution is 2.38. The van der Waals surface area contributed by atoms with Gasteiger partial charge in [-0.1, -0.05) is 31.2 Å². The first-order valence-electron chi connectivity index (χ1n) is 12.8. The average Bonchev–Trinajstić information content (AvgIpc) is 3.62. The molecule has 1 aromatic carbocycles. The smallest absolute Gasteiger partial charge is 0.183 e. The van der Waals surface area contributed by atoms with Gasteiger partial charge in [-0.05, 0) is 27.2 Å². The summed E-state index contributed by atoms with van der Waals surface area (Å²) in [4.78, 5) is 25.2. The summed E-state index contributed by atoms with van der Waals surface area (Å²) in [5, 5.41) is 30.9. The number of hydrogen-bond acceptors (Lipinski definition) is 9. The minimum atomic E-state index is -1.23. The highest BCUT2D eigenvalue weighted by molar-refractivity contribution is 6.08. The summed E-state index contributed by atoms with van der Waals surface area (Å²) in [7, 11) is 0. The second-order valence-electron chi connectivity index (χ2n) is 9.79. The number of epoxide rings is 1. The number of benzene rings is 1. The van der Waals surface area contributed by atoms with Gasteiger partial charge in [0.2, 0.25) is 0 Å². The molecule has 2 saturated heterocycles. The number of aliphatic hydroxyl groups is 3. The van der Waals surface area contributed by atoms with Crippen LogP contribution in [0.1, 0.15) is 69.2 Å². The van der Waals surface area contributed by atoms with Gasteiger partial charge in [0.05, 0.1) is 43.5 Å². The van der Waals surface area contributed by atoms with Crippen LogP contribution < -0.4 is 0 Å².